The second kappa shape index (κ2) is 8.34. The predicted molar refractivity (Wildman–Crippen MR) is 96.3 cm³/mol. The summed E-state index contributed by atoms with van der Waals surface area (Å²) in [5, 5.41) is 9.05. The molecule has 1 amide bonds. The second-order valence-electron chi connectivity index (χ2n) is 5.33. The van der Waals surface area contributed by atoms with Crippen molar-refractivity contribution in [3.8, 4) is 5.75 Å². The molecule has 7 heteroatoms. The Kier molecular flexibility index (Phi) is 5.69. The highest BCUT2D eigenvalue weighted by molar-refractivity contribution is 7.99. The molecule has 0 unspecified atom stereocenters. The fraction of sp³-hybridized carbons (Fsp3) is 0.167. The third-order valence-corrected chi connectivity index (χ3v) is 4.42. The molecule has 0 atom stereocenters. The molecule has 2 N–H and O–H groups in total. The highest BCUT2D eigenvalue weighted by Gasteiger charge is 2.14. The summed E-state index contributed by atoms with van der Waals surface area (Å²) in [5.74, 6) is 1.23. The number of hydrogen-bond donors (Lipinski definition) is 1. The zero-order valence-electron chi connectivity index (χ0n) is 13.5. The number of primary amides is 1. The molecule has 3 rings (SSSR count). The van der Waals surface area contributed by atoms with Gasteiger partial charge in [0, 0.05) is 0 Å². The topological polar surface area (TPSA) is 83.0 Å². The van der Waals surface area contributed by atoms with Gasteiger partial charge >= 0.3 is 0 Å². The van der Waals surface area contributed by atoms with E-state index < -0.39 is 0 Å². The van der Waals surface area contributed by atoms with Crippen molar-refractivity contribution in [2.24, 2.45) is 5.73 Å². The Morgan fingerprint density at radius 2 is 1.72 bits per heavy atom. The van der Waals surface area contributed by atoms with Gasteiger partial charge < -0.3 is 10.5 Å². The lowest BCUT2D eigenvalue weighted by atomic mass is 10.2. The van der Waals surface area contributed by atoms with E-state index in [1.807, 2.05) is 65.2 Å². The average molecular weight is 354 g/mol. The van der Waals surface area contributed by atoms with Crippen molar-refractivity contribution in [1.29, 1.82) is 0 Å². The van der Waals surface area contributed by atoms with Crippen molar-refractivity contribution < 1.29 is 9.53 Å². The number of hydrogen-bond acceptors (Lipinski definition) is 5. The Balaban J connectivity index is 1.79. The van der Waals surface area contributed by atoms with E-state index in [1.54, 1.807) is 0 Å². The molecule has 0 bridgehead atoms. The molecule has 2 aromatic carbocycles. The fourth-order valence-corrected chi connectivity index (χ4v) is 2.95. The zero-order valence-corrected chi connectivity index (χ0v) is 14.4. The minimum absolute atomic E-state index is 0.159. The number of para-hydroxylation sites is 1. The summed E-state index contributed by atoms with van der Waals surface area (Å²) >= 11 is 1.28. The van der Waals surface area contributed by atoms with Crippen LogP contribution >= 0.6 is 11.8 Å². The Bertz CT molecular complexity index is 822. The molecule has 0 aliphatic rings. The summed E-state index contributed by atoms with van der Waals surface area (Å²) in [7, 11) is 0. The van der Waals surface area contributed by atoms with Crippen LogP contribution in [0.3, 0.4) is 0 Å². The number of rotatable bonds is 8. The van der Waals surface area contributed by atoms with Crippen LogP contribution in [0.1, 0.15) is 11.4 Å². The van der Waals surface area contributed by atoms with Crippen LogP contribution in [0, 0.1) is 0 Å². The first-order chi connectivity index (χ1) is 12.2. The largest absolute Gasteiger partial charge is 0.486 e. The maximum Gasteiger partial charge on any atom is 0.227 e. The smallest absolute Gasteiger partial charge is 0.227 e. The van der Waals surface area contributed by atoms with E-state index in [2.05, 4.69) is 10.2 Å². The average Bonchev–Trinajstić information content (AvgIpc) is 3.01. The van der Waals surface area contributed by atoms with E-state index >= 15 is 0 Å². The molecule has 0 radical (unpaired) electrons. The predicted octanol–water partition coefficient (Wildman–Crippen LogP) is 2.48. The van der Waals surface area contributed by atoms with Gasteiger partial charge in [-0.15, -0.1) is 10.2 Å². The molecule has 25 heavy (non-hydrogen) atoms. The summed E-state index contributed by atoms with van der Waals surface area (Å²) in [6, 6.07) is 19.5. The number of thioether (sulfide) groups is 1. The van der Waals surface area contributed by atoms with Crippen molar-refractivity contribution in [2.75, 3.05) is 5.75 Å². The second-order valence-corrected chi connectivity index (χ2v) is 6.27. The number of nitrogens with zero attached hydrogens (tertiary/aromatic N) is 3. The van der Waals surface area contributed by atoms with Crippen LogP contribution in [0.25, 0.3) is 0 Å². The summed E-state index contributed by atoms with van der Waals surface area (Å²) in [4.78, 5) is 11.1. The zero-order chi connectivity index (χ0) is 17.5. The van der Waals surface area contributed by atoms with E-state index in [4.69, 9.17) is 10.5 Å². The van der Waals surface area contributed by atoms with Crippen LogP contribution in [0.15, 0.2) is 65.8 Å². The molecule has 3 aromatic rings. The standard InChI is InChI=1S/C18H18N4O2S/c19-16(23)13-25-18-21-20-17(12-24-15-9-5-2-6-10-15)22(18)11-14-7-3-1-4-8-14/h1-10H,11-13H2,(H2,19,23). The monoisotopic (exact) mass is 354 g/mol. The first kappa shape index (κ1) is 17.0. The number of carbonyl (C=O) groups is 1. The fourth-order valence-electron chi connectivity index (χ4n) is 2.26. The SMILES string of the molecule is NC(=O)CSc1nnc(COc2ccccc2)n1Cc1ccccc1. The van der Waals surface area contributed by atoms with Crippen molar-refractivity contribution in [2.45, 2.75) is 18.3 Å². The van der Waals surface area contributed by atoms with Gasteiger partial charge in [0.25, 0.3) is 0 Å². The lowest BCUT2D eigenvalue weighted by Gasteiger charge is -2.11. The first-order valence-electron chi connectivity index (χ1n) is 7.77. The molecule has 0 saturated heterocycles. The van der Waals surface area contributed by atoms with Crippen LogP contribution in [-0.4, -0.2) is 26.4 Å². The van der Waals surface area contributed by atoms with E-state index in [0.29, 0.717) is 24.1 Å². The highest BCUT2D eigenvalue weighted by atomic mass is 32.2. The molecule has 128 valence electrons. The molecule has 6 nitrogen and oxygen atoms in total. The van der Waals surface area contributed by atoms with Crippen LogP contribution in [0.5, 0.6) is 5.75 Å². The van der Waals surface area contributed by atoms with Gasteiger partial charge in [-0.2, -0.15) is 0 Å². The van der Waals surface area contributed by atoms with E-state index in [9.17, 15) is 4.79 Å². The molecular formula is C18H18N4O2S. The Morgan fingerprint density at radius 1 is 1.04 bits per heavy atom. The number of nitrogens with two attached hydrogens (primary N) is 1. The van der Waals surface area contributed by atoms with Crippen molar-refractivity contribution in [1.82, 2.24) is 14.8 Å². The van der Waals surface area contributed by atoms with Crippen LogP contribution in [0.2, 0.25) is 0 Å². The first-order valence-corrected chi connectivity index (χ1v) is 8.76. The van der Waals surface area contributed by atoms with Gasteiger partial charge in [0.15, 0.2) is 11.0 Å². The molecule has 0 aliphatic heterocycles. The Morgan fingerprint density at radius 3 is 2.40 bits per heavy atom. The van der Waals surface area contributed by atoms with Gasteiger partial charge in [0.1, 0.15) is 12.4 Å². The van der Waals surface area contributed by atoms with E-state index in [0.717, 1.165) is 11.3 Å². The van der Waals surface area contributed by atoms with Gasteiger partial charge in [0.05, 0.1) is 12.3 Å². The molecular weight excluding hydrogens is 336 g/mol. The minimum Gasteiger partial charge on any atom is -0.486 e. The van der Waals surface area contributed by atoms with E-state index in [-0.39, 0.29) is 11.7 Å². The maximum atomic E-state index is 11.1. The quantitative estimate of drug-likeness (QED) is 0.628. The van der Waals surface area contributed by atoms with Crippen molar-refractivity contribution in [3.05, 3.63) is 72.1 Å². The molecule has 0 aliphatic carbocycles. The normalized spacial score (nSPS) is 10.6. The van der Waals surface area contributed by atoms with Crippen molar-refractivity contribution in [3.63, 3.8) is 0 Å². The number of amides is 1. The molecule has 1 aromatic heterocycles. The molecule has 0 saturated carbocycles. The van der Waals surface area contributed by atoms with Gasteiger partial charge in [-0.05, 0) is 17.7 Å². The summed E-state index contributed by atoms with van der Waals surface area (Å²) in [6.07, 6.45) is 0. The number of benzene rings is 2. The summed E-state index contributed by atoms with van der Waals surface area (Å²) in [5.41, 5.74) is 6.36. The lowest BCUT2D eigenvalue weighted by Crippen LogP contribution is -2.14. The number of aromatic nitrogens is 3. The van der Waals surface area contributed by atoms with Crippen LogP contribution < -0.4 is 10.5 Å². The lowest BCUT2D eigenvalue weighted by molar-refractivity contribution is -0.115. The van der Waals surface area contributed by atoms with E-state index in [1.165, 1.54) is 11.8 Å². The Labute approximate surface area is 150 Å². The Hall–Kier alpha value is -2.80. The highest BCUT2D eigenvalue weighted by Crippen LogP contribution is 2.20. The summed E-state index contributed by atoms with van der Waals surface area (Å²) in [6.45, 7) is 0.892. The number of carbonyl (C=O) groups excluding carboxylic acids is 1. The van der Waals surface area contributed by atoms with Gasteiger partial charge in [0.2, 0.25) is 5.91 Å². The van der Waals surface area contributed by atoms with Crippen LogP contribution in [0.4, 0.5) is 0 Å². The molecule has 0 fully saturated rings. The third kappa shape index (κ3) is 4.84. The summed E-state index contributed by atoms with van der Waals surface area (Å²) < 4.78 is 7.74. The molecule has 0 spiro atoms. The minimum atomic E-state index is -0.388. The van der Waals surface area contributed by atoms with Gasteiger partial charge in [-0.25, -0.2) is 0 Å². The third-order valence-electron chi connectivity index (χ3n) is 3.43. The maximum absolute atomic E-state index is 11.1. The van der Waals surface area contributed by atoms with Crippen molar-refractivity contribution >= 4 is 17.7 Å². The molecule has 1 heterocycles. The van der Waals surface area contributed by atoms with Gasteiger partial charge in [-0.3, -0.25) is 9.36 Å². The number of ether oxygens (including phenoxy) is 1. The van der Waals surface area contributed by atoms with Crippen LogP contribution in [-0.2, 0) is 17.9 Å². The van der Waals surface area contributed by atoms with Gasteiger partial charge in [-0.1, -0.05) is 60.3 Å².